The van der Waals surface area contributed by atoms with Gasteiger partial charge in [0.25, 0.3) is 5.56 Å². The highest BCUT2D eigenvalue weighted by Crippen LogP contribution is 2.22. The summed E-state index contributed by atoms with van der Waals surface area (Å²) >= 11 is 0. The summed E-state index contributed by atoms with van der Waals surface area (Å²) in [4.78, 5) is 14.9. The van der Waals surface area contributed by atoms with E-state index in [1.54, 1.807) is 4.68 Å². The van der Waals surface area contributed by atoms with Gasteiger partial charge in [-0.15, -0.1) is 0 Å². The number of fused-ring (bicyclic) bond motifs is 1. The van der Waals surface area contributed by atoms with Crippen molar-refractivity contribution in [2.75, 3.05) is 39.5 Å². The molecule has 1 unspecified atom stereocenters. The lowest BCUT2D eigenvalue weighted by Gasteiger charge is -2.28. The largest absolute Gasteiger partial charge is 0.379 e. The number of likely N-dealkylation sites (tertiary alicyclic amines) is 1. The summed E-state index contributed by atoms with van der Waals surface area (Å²) in [5.41, 5.74) is 2.35. The van der Waals surface area contributed by atoms with Crippen LogP contribution in [0.25, 0.3) is 0 Å². The van der Waals surface area contributed by atoms with E-state index >= 15 is 0 Å². The van der Waals surface area contributed by atoms with E-state index in [-0.39, 0.29) is 5.56 Å². The zero-order valence-corrected chi connectivity index (χ0v) is 14.3. The molecule has 0 aromatic carbocycles. The van der Waals surface area contributed by atoms with Crippen molar-refractivity contribution in [2.45, 2.75) is 44.7 Å². The predicted octanol–water partition coefficient (Wildman–Crippen LogP) is 0.859. The third-order valence-electron chi connectivity index (χ3n) is 5.48. The minimum absolute atomic E-state index is 0.0589. The SMILES string of the molecule is O=c1cc2c(nn1CC1CCCN1CC1COCCOC1)CCC2. The predicted molar refractivity (Wildman–Crippen MR) is 90.2 cm³/mol. The molecular weight excluding hydrogens is 306 g/mol. The van der Waals surface area contributed by atoms with Crippen molar-refractivity contribution in [1.82, 2.24) is 14.7 Å². The minimum Gasteiger partial charge on any atom is -0.379 e. The Morgan fingerprint density at radius 2 is 1.96 bits per heavy atom. The van der Waals surface area contributed by atoms with E-state index in [0.717, 1.165) is 63.2 Å². The van der Waals surface area contributed by atoms with Crippen molar-refractivity contribution in [2.24, 2.45) is 5.92 Å². The van der Waals surface area contributed by atoms with Crippen LogP contribution < -0.4 is 5.56 Å². The third-order valence-corrected chi connectivity index (χ3v) is 5.48. The first-order valence-electron chi connectivity index (χ1n) is 9.29. The highest BCUT2D eigenvalue weighted by atomic mass is 16.5. The van der Waals surface area contributed by atoms with Crippen molar-refractivity contribution >= 4 is 0 Å². The fourth-order valence-corrected chi connectivity index (χ4v) is 4.22. The molecule has 2 saturated heterocycles. The maximum atomic E-state index is 12.4. The molecule has 1 aromatic heterocycles. The first-order valence-corrected chi connectivity index (χ1v) is 9.29. The molecule has 3 aliphatic rings. The standard InChI is InChI=1S/C18H27N3O3/c22-18-9-15-3-1-5-17(15)19-21(18)11-16-4-2-6-20(16)10-14-12-23-7-8-24-13-14/h9,14,16H,1-8,10-13H2. The van der Waals surface area contributed by atoms with Gasteiger partial charge in [0.05, 0.1) is 38.7 Å². The van der Waals surface area contributed by atoms with Crippen LogP contribution in [0.4, 0.5) is 0 Å². The number of aryl methyl sites for hydroxylation is 2. The lowest BCUT2D eigenvalue weighted by Crippen LogP contribution is -2.41. The molecule has 0 bridgehead atoms. The maximum absolute atomic E-state index is 12.4. The second kappa shape index (κ2) is 7.33. The summed E-state index contributed by atoms with van der Waals surface area (Å²) < 4.78 is 12.9. The summed E-state index contributed by atoms with van der Waals surface area (Å²) in [5, 5.41) is 4.64. The molecule has 0 saturated carbocycles. The van der Waals surface area contributed by atoms with Crippen LogP contribution in [0.1, 0.15) is 30.5 Å². The molecule has 2 fully saturated rings. The number of ether oxygens (including phenoxy) is 2. The Hall–Kier alpha value is -1.24. The van der Waals surface area contributed by atoms with E-state index in [0.29, 0.717) is 31.7 Å². The van der Waals surface area contributed by atoms with Gasteiger partial charge in [0.2, 0.25) is 0 Å². The second-order valence-corrected chi connectivity index (χ2v) is 7.30. The van der Waals surface area contributed by atoms with Gasteiger partial charge in [0, 0.05) is 24.6 Å². The Labute approximate surface area is 142 Å². The first kappa shape index (κ1) is 16.2. The van der Waals surface area contributed by atoms with Gasteiger partial charge in [-0.2, -0.15) is 5.10 Å². The third kappa shape index (κ3) is 3.55. The van der Waals surface area contributed by atoms with E-state index in [2.05, 4.69) is 10.00 Å². The molecule has 0 N–H and O–H groups in total. The van der Waals surface area contributed by atoms with Crippen molar-refractivity contribution in [3.8, 4) is 0 Å². The van der Waals surface area contributed by atoms with Crippen LogP contribution in [0.5, 0.6) is 0 Å². The van der Waals surface area contributed by atoms with Gasteiger partial charge in [0.1, 0.15) is 0 Å². The molecule has 3 heterocycles. The van der Waals surface area contributed by atoms with E-state index in [9.17, 15) is 4.79 Å². The number of aromatic nitrogens is 2. The Morgan fingerprint density at radius 1 is 1.12 bits per heavy atom. The highest BCUT2D eigenvalue weighted by Gasteiger charge is 2.28. The van der Waals surface area contributed by atoms with Crippen molar-refractivity contribution in [3.63, 3.8) is 0 Å². The Bertz CT molecular complexity index is 622. The topological polar surface area (TPSA) is 56.6 Å². The monoisotopic (exact) mass is 333 g/mol. The van der Waals surface area contributed by atoms with Crippen LogP contribution in [0.15, 0.2) is 10.9 Å². The highest BCUT2D eigenvalue weighted by molar-refractivity contribution is 5.22. The molecule has 6 nitrogen and oxygen atoms in total. The first-order chi connectivity index (χ1) is 11.8. The normalized spacial score (nSPS) is 25.8. The Morgan fingerprint density at radius 3 is 2.79 bits per heavy atom. The quantitative estimate of drug-likeness (QED) is 0.818. The van der Waals surface area contributed by atoms with Gasteiger partial charge in [-0.3, -0.25) is 9.69 Å². The lowest BCUT2D eigenvalue weighted by molar-refractivity contribution is 0.0956. The molecule has 0 spiro atoms. The zero-order valence-electron chi connectivity index (χ0n) is 14.3. The van der Waals surface area contributed by atoms with Crippen LogP contribution in [0.2, 0.25) is 0 Å². The zero-order chi connectivity index (χ0) is 16.4. The van der Waals surface area contributed by atoms with Crippen LogP contribution in [-0.4, -0.2) is 60.2 Å². The molecule has 0 radical (unpaired) electrons. The molecule has 1 aromatic rings. The summed E-state index contributed by atoms with van der Waals surface area (Å²) in [6, 6.07) is 2.21. The van der Waals surface area contributed by atoms with E-state index in [1.807, 2.05) is 6.07 Å². The smallest absolute Gasteiger partial charge is 0.267 e. The maximum Gasteiger partial charge on any atom is 0.267 e. The molecule has 132 valence electrons. The molecule has 6 heteroatoms. The van der Waals surface area contributed by atoms with Gasteiger partial charge in [0.15, 0.2) is 0 Å². The van der Waals surface area contributed by atoms with E-state index in [4.69, 9.17) is 9.47 Å². The fourth-order valence-electron chi connectivity index (χ4n) is 4.22. The van der Waals surface area contributed by atoms with Gasteiger partial charge in [-0.25, -0.2) is 4.68 Å². The molecule has 2 aliphatic heterocycles. The number of rotatable bonds is 4. The van der Waals surface area contributed by atoms with Gasteiger partial charge >= 0.3 is 0 Å². The minimum atomic E-state index is 0.0589. The average Bonchev–Trinajstić information content (AvgIpc) is 3.11. The van der Waals surface area contributed by atoms with Gasteiger partial charge < -0.3 is 9.47 Å². The molecule has 24 heavy (non-hydrogen) atoms. The fraction of sp³-hybridized carbons (Fsp3) is 0.778. The Kier molecular flexibility index (Phi) is 4.96. The molecule has 1 atom stereocenters. The van der Waals surface area contributed by atoms with Gasteiger partial charge in [-0.1, -0.05) is 0 Å². The van der Waals surface area contributed by atoms with Crippen LogP contribution in [-0.2, 0) is 28.9 Å². The van der Waals surface area contributed by atoms with Crippen molar-refractivity contribution in [1.29, 1.82) is 0 Å². The number of hydrogen-bond acceptors (Lipinski definition) is 5. The summed E-state index contributed by atoms with van der Waals surface area (Å²) in [6.45, 7) is 5.76. The van der Waals surface area contributed by atoms with Crippen LogP contribution in [0, 0.1) is 5.92 Å². The Balaban J connectivity index is 1.42. The molecule has 4 rings (SSSR count). The van der Waals surface area contributed by atoms with Crippen LogP contribution in [0.3, 0.4) is 0 Å². The van der Waals surface area contributed by atoms with Gasteiger partial charge in [-0.05, 0) is 44.2 Å². The van der Waals surface area contributed by atoms with E-state index in [1.165, 1.54) is 6.42 Å². The van der Waals surface area contributed by atoms with Crippen molar-refractivity contribution < 1.29 is 9.47 Å². The van der Waals surface area contributed by atoms with E-state index < -0.39 is 0 Å². The number of hydrogen-bond donors (Lipinski definition) is 0. The van der Waals surface area contributed by atoms with Crippen molar-refractivity contribution in [3.05, 3.63) is 27.7 Å². The molecule has 0 amide bonds. The lowest BCUT2D eigenvalue weighted by atomic mass is 10.1. The molecular formula is C18H27N3O3. The summed E-state index contributed by atoms with van der Waals surface area (Å²) in [7, 11) is 0. The van der Waals surface area contributed by atoms with Crippen LogP contribution >= 0.6 is 0 Å². The second-order valence-electron chi connectivity index (χ2n) is 7.30. The number of nitrogens with zero attached hydrogens (tertiary/aromatic N) is 3. The summed E-state index contributed by atoms with van der Waals surface area (Å²) in [6.07, 6.45) is 5.48. The molecule has 1 aliphatic carbocycles. The summed E-state index contributed by atoms with van der Waals surface area (Å²) in [5.74, 6) is 0.429. The average molecular weight is 333 g/mol.